The zero-order valence-electron chi connectivity index (χ0n) is 32.7. The highest BCUT2D eigenvalue weighted by Gasteiger charge is 2.19. The number of benzene rings is 11. The van der Waals surface area contributed by atoms with E-state index in [1.165, 1.54) is 137 Å². The molecule has 0 bridgehead atoms. The molecular weight excluding hydrogens is 793 g/mol. The van der Waals surface area contributed by atoms with E-state index in [0.717, 1.165) is 0 Å². The van der Waals surface area contributed by atoms with Crippen molar-refractivity contribution < 1.29 is 0 Å². The van der Waals surface area contributed by atoms with Gasteiger partial charge >= 0.3 is 0 Å². The third-order valence-electron chi connectivity index (χ3n) is 13.0. The van der Waals surface area contributed by atoms with Crippen molar-refractivity contribution in [2.75, 3.05) is 0 Å². The second kappa shape index (κ2) is 12.8. The van der Waals surface area contributed by atoms with Crippen LogP contribution in [0.3, 0.4) is 0 Å². The molecule has 61 heavy (non-hydrogen) atoms. The van der Waals surface area contributed by atoms with Crippen molar-refractivity contribution >= 4 is 138 Å². The average molecular weight is 825 g/mol. The highest BCUT2D eigenvalue weighted by atomic mass is 32.1. The lowest BCUT2D eigenvalue weighted by Crippen LogP contribution is -1.91. The van der Waals surface area contributed by atoms with Crippen LogP contribution in [0.2, 0.25) is 0 Å². The van der Waals surface area contributed by atoms with E-state index in [9.17, 15) is 0 Å². The van der Waals surface area contributed by atoms with Crippen LogP contribution in [0.4, 0.5) is 0 Å². The lowest BCUT2D eigenvalue weighted by molar-refractivity contribution is 1.69. The van der Waals surface area contributed by atoms with Crippen molar-refractivity contribution in [3.63, 3.8) is 0 Å². The van der Waals surface area contributed by atoms with Crippen molar-refractivity contribution in [1.82, 2.24) is 0 Å². The minimum absolute atomic E-state index is 1.25. The normalized spacial score (nSPS) is 12.3. The Bertz CT molecular complexity index is 4110. The molecule has 0 N–H and O–H groups in total. The molecule has 0 saturated heterocycles. The summed E-state index contributed by atoms with van der Waals surface area (Å²) in [5.74, 6) is 0. The second-order valence-corrected chi connectivity index (χ2v) is 19.5. The van der Waals surface area contributed by atoms with Gasteiger partial charge in [0.25, 0.3) is 0 Å². The second-order valence-electron chi connectivity index (χ2n) is 16.3. The minimum atomic E-state index is 1.25. The fourth-order valence-electron chi connectivity index (χ4n) is 10.2. The zero-order valence-corrected chi connectivity index (χ0v) is 35.1. The molecule has 282 valence electrons. The third kappa shape index (κ3) is 4.97. The molecular formula is C58H32S3. The van der Waals surface area contributed by atoms with Crippen molar-refractivity contribution in [2.24, 2.45) is 0 Å². The van der Waals surface area contributed by atoms with E-state index < -0.39 is 0 Å². The fraction of sp³-hybridized carbons (Fsp3) is 0. The maximum atomic E-state index is 2.43. The van der Waals surface area contributed by atoms with E-state index in [4.69, 9.17) is 0 Å². The Morgan fingerprint density at radius 2 is 0.770 bits per heavy atom. The molecule has 0 nitrogen and oxygen atoms in total. The molecule has 0 saturated carbocycles. The van der Waals surface area contributed by atoms with Crippen molar-refractivity contribution in [3.8, 4) is 33.4 Å². The Balaban J connectivity index is 0.891. The highest BCUT2D eigenvalue weighted by molar-refractivity contribution is 7.33. The van der Waals surface area contributed by atoms with Gasteiger partial charge in [-0.15, -0.1) is 34.0 Å². The molecule has 0 aliphatic carbocycles. The SMILES string of the molecule is c1ccc2c(-c3c4ccccc4c(-c4ccc5c(c4)sc4ccc(-c6ccc7cc8c(cc7c6)sc6c8ccc7c8ccccc8sc76)cc45)c4ccccc34)cccc2c1. The number of hydrogen-bond acceptors (Lipinski definition) is 3. The molecule has 0 amide bonds. The van der Waals surface area contributed by atoms with Crippen LogP contribution < -0.4 is 0 Å². The number of rotatable bonds is 3. The molecule has 0 spiro atoms. The summed E-state index contributed by atoms with van der Waals surface area (Å²) >= 11 is 5.76. The third-order valence-corrected chi connectivity index (χ3v) is 16.7. The summed E-state index contributed by atoms with van der Waals surface area (Å²) in [6, 6.07) is 73.0. The predicted molar refractivity (Wildman–Crippen MR) is 271 cm³/mol. The van der Waals surface area contributed by atoms with Gasteiger partial charge in [-0.25, -0.2) is 0 Å². The number of hydrogen-bond donors (Lipinski definition) is 0. The quantitative estimate of drug-likeness (QED) is 0.156. The van der Waals surface area contributed by atoms with Crippen molar-refractivity contribution in [3.05, 3.63) is 194 Å². The first-order valence-electron chi connectivity index (χ1n) is 20.8. The van der Waals surface area contributed by atoms with Gasteiger partial charge in [0.05, 0.1) is 9.40 Å². The molecule has 0 radical (unpaired) electrons. The summed E-state index contributed by atoms with van der Waals surface area (Å²) in [5.41, 5.74) is 7.64. The average Bonchev–Trinajstić information content (AvgIpc) is 4.00. The van der Waals surface area contributed by atoms with E-state index >= 15 is 0 Å². The molecule has 0 aliphatic heterocycles. The Morgan fingerprint density at radius 3 is 1.57 bits per heavy atom. The van der Waals surface area contributed by atoms with Crippen LogP contribution in [-0.4, -0.2) is 0 Å². The van der Waals surface area contributed by atoms with E-state index in [0.29, 0.717) is 0 Å². The van der Waals surface area contributed by atoms with Crippen molar-refractivity contribution in [1.29, 1.82) is 0 Å². The van der Waals surface area contributed by atoms with Gasteiger partial charge in [0, 0.05) is 51.1 Å². The van der Waals surface area contributed by atoms with Crippen LogP contribution in [0.25, 0.3) is 137 Å². The van der Waals surface area contributed by atoms with Gasteiger partial charge in [-0.05, 0) is 119 Å². The van der Waals surface area contributed by atoms with Crippen molar-refractivity contribution in [2.45, 2.75) is 0 Å². The smallest absolute Gasteiger partial charge is 0.0534 e. The summed E-state index contributed by atoms with van der Waals surface area (Å²) in [4.78, 5) is 0. The molecule has 0 atom stereocenters. The first kappa shape index (κ1) is 33.9. The van der Waals surface area contributed by atoms with E-state index in [-0.39, 0.29) is 0 Å². The largest absolute Gasteiger partial charge is 0.135 e. The van der Waals surface area contributed by atoms with Gasteiger partial charge in [-0.3, -0.25) is 0 Å². The van der Waals surface area contributed by atoms with Gasteiger partial charge < -0.3 is 0 Å². The van der Waals surface area contributed by atoms with Crippen LogP contribution in [0.15, 0.2) is 194 Å². The standard InChI is InChI=1S/C58H32S3/c1-2-12-39-33(10-1)11-9-18-42(39)56-45-16-5-3-14-43(45)55(44-15-4-6-17-46(44)56)37-22-24-41-49-29-35(23-27-52(49)59-53(41)31-37)34-20-21-36-30-50-48-26-25-47-40-13-7-8-19-51(40)60-57(47)58(48)61-54(50)32-38(36)28-34/h1-32H. The van der Waals surface area contributed by atoms with Gasteiger partial charge in [0.2, 0.25) is 0 Å². The molecule has 3 heterocycles. The summed E-state index contributed by atoms with van der Waals surface area (Å²) in [5, 5.41) is 18.3. The maximum Gasteiger partial charge on any atom is 0.0534 e. The van der Waals surface area contributed by atoms with Crippen LogP contribution in [-0.2, 0) is 0 Å². The van der Waals surface area contributed by atoms with E-state index in [2.05, 4.69) is 194 Å². The predicted octanol–water partition coefficient (Wildman–Crippen LogP) is 18.4. The summed E-state index contributed by atoms with van der Waals surface area (Å²) in [7, 11) is 0. The molecule has 14 aromatic rings. The first-order chi connectivity index (χ1) is 30.2. The number of fused-ring (bicyclic) bond motifs is 14. The van der Waals surface area contributed by atoms with E-state index in [1.807, 2.05) is 34.0 Å². The van der Waals surface area contributed by atoms with Crippen LogP contribution >= 0.6 is 34.0 Å². The highest BCUT2D eigenvalue weighted by Crippen LogP contribution is 2.48. The maximum absolute atomic E-state index is 2.43. The van der Waals surface area contributed by atoms with Gasteiger partial charge in [0.1, 0.15) is 0 Å². The number of thiophene rings is 3. The molecule has 0 fully saturated rings. The summed E-state index contributed by atoms with van der Waals surface area (Å²) < 4.78 is 8.15. The van der Waals surface area contributed by atoms with Gasteiger partial charge in [-0.2, -0.15) is 0 Å². The summed E-state index contributed by atoms with van der Waals surface area (Å²) in [6.45, 7) is 0. The topological polar surface area (TPSA) is 0 Å². The molecule has 14 rings (SSSR count). The van der Waals surface area contributed by atoms with Crippen LogP contribution in [0, 0.1) is 0 Å². The van der Waals surface area contributed by atoms with Gasteiger partial charge in [0.15, 0.2) is 0 Å². The molecule has 0 aliphatic rings. The monoisotopic (exact) mass is 824 g/mol. The van der Waals surface area contributed by atoms with Crippen LogP contribution in [0.1, 0.15) is 0 Å². The summed E-state index contributed by atoms with van der Waals surface area (Å²) in [6.07, 6.45) is 0. The Kier molecular flexibility index (Phi) is 7.12. The van der Waals surface area contributed by atoms with Crippen LogP contribution in [0.5, 0.6) is 0 Å². The molecule has 3 heteroatoms. The lowest BCUT2D eigenvalue weighted by atomic mass is 9.84. The van der Waals surface area contributed by atoms with Gasteiger partial charge in [-0.1, -0.05) is 152 Å². The van der Waals surface area contributed by atoms with E-state index in [1.54, 1.807) is 0 Å². The fourth-order valence-corrected chi connectivity index (χ4v) is 13.9. The first-order valence-corrected chi connectivity index (χ1v) is 23.3. The molecule has 0 unspecified atom stereocenters. The Morgan fingerprint density at radius 1 is 0.230 bits per heavy atom. The molecule has 3 aromatic heterocycles. The minimum Gasteiger partial charge on any atom is -0.135 e. The Hall–Kier alpha value is -6.88. The Labute approximate surface area is 362 Å². The molecule has 11 aromatic carbocycles. The zero-order chi connectivity index (χ0) is 39.8. The lowest BCUT2D eigenvalue weighted by Gasteiger charge is -2.18.